The second-order valence-corrected chi connectivity index (χ2v) is 7.09. The molecule has 132 valence electrons. The molecule has 24 heavy (non-hydrogen) atoms. The lowest BCUT2D eigenvalue weighted by Gasteiger charge is -2.04. The van der Waals surface area contributed by atoms with Crippen molar-refractivity contribution in [1.29, 1.82) is 0 Å². The first-order valence-electron chi connectivity index (χ1n) is 8.86. The summed E-state index contributed by atoms with van der Waals surface area (Å²) in [6.07, 6.45) is 8.74. The molecule has 0 atom stereocenters. The fourth-order valence-corrected chi connectivity index (χ4v) is 3.84. The molecule has 0 saturated heterocycles. The molecule has 0 spiro atoms. The number of amides is 1. The van der Waals surface area contributed by atoms with Gasteiger partial charge in [-0.05, 0) is 25.8 Å². The Morgan fingerprint density at radius 3 is 2.62 bits per heavy atom. The lowest BCUT2D eigenvalue weighted by atomic mass is 10.1. The van der Waals surface area contributed by atoms with Gasteiger partial charge in [-0.2, -0.15) is 0 Å². The zero-order valence-electron chi connectivity index (χ0n) is 14.9. The average Bonchev–Trinajstić information content (AvgIpc) is 2.92. The first-order chi connectivity index (χ1) is 11.6. The van der Waals surface area contributed by atoms with Crippen LogP contribution in [-0.2, 0) is 6.54 Å². The van der Waals surface area contributed by atoms with Crippen LogP contribution in [0.25, 0.3) is 10.2 Å². The molecule has 5 nitrogen and oxygen atoms in total. The van der Waals surface area contributed by atoms with Crippen LogP contribution in [0.1, 0.15) is 67.6 Å². The lowest BCUT2D eigenvalue weighted by molar-refractivity contribution is 0.0956. The molecule has 0 bridgehead atoms. The Labute approximate surface area is 147 Å². The van der Waals surface area contributed by atoms with Crippen molar-refractivity contribution in [2.45, 2.75) is 65.8 Å². The third-order valence-electron chi connectivity index (χ3n) is 4.28. The number of carbonyl (C=O) groups excluding carboxylic acids is 1. The summed E-state index contributed by atoms with van der Waals surface area (Å²) < 4.78 is 1.57. The van der Waals surface area contributed by atoms with E-state index in [0.29, 0.717) is 28.2 Å². The highest BCUT2D eigenvalue weighted by atomic mass is 32.1. The fraction of sp³-hybridized carbons (Fsp3) is 0.611. The number of nitrogens with zero attached hydrogens (tertiary/aromatic N) is 2. The molecule has 2 aromatic rings. The summed E-state index contributed by atoms with van der Waals surface area (Å²) in [6, 6.07) is 0. The van der Waals surface area contributed by atoms with Crippen LogP contribution >= 0.6 is 11.3 Å². The molecule has 2 heterocycles. The molecule has 0 unspecified atom stereocenters. The van der Waals surface area contributed by atoms with Crippen LogP contribution in [0.4, 0.5) is 0 Å². The van der Waals surface area contributed by atoms with Crippen molar-refractivity contribution in [2.75, 3.05) is 6.54 Å². The molecule has 2 rings (SSSR count). The zero-order chi connectivity index (χ0) is 17.5. The summed E-state index contributed by atoms with van der Waals surface area (Å²) in [5.74, 6) is -0.0912. The maximum Gasteiger partial charge on any atom is 0.262 e. The van der Waals surface area contributed by atoms with E-state index in [0.717, 1.165) is 18.4 Å². The minimum absolute atomic E-state index is 0.0637. The first-order valence-corrected chi connectivity index (χ1v) is 9.68. The smallest absolute Gasteiger partial charge is 0.262 e. The SMILES string of the molecule is CCCCCCCCNC(=O)c1sc2ncn(CC)c(=O)c2c1C. The monoisotopic (exact) mass is 349 g/mol. The molecule has 0 aliphatic rings. The highest BCUT2D eigenvalue weighted by Crippen LogP contribution is 2.26. The van der Waals surface area contributed by atoms with Crippen LogP contribution in [0.3, 0.4) is 0 Å². The van der Waals surface area contributed by atoms with Crippen molar-refractivity contribution in [1.82, 2.24) is 14.9 Å². The van der Waals surface area contributed by atoms with Gasteiger partial charge >= 0.3 is 0 Å². The largest absolute Gasteiger partial charge is 0.351 e. The fourth-order valence-electron chi connectivity index (χ4n) is 2.79. The van der Waals surface area contributed by atoms with Crippen LogP contribution in [0.5, 0.6) is 0 Å². The van der Waals surface area contributed by atoms with Gasteiger partial charge in [-0.3, -0.25) is 14.2 Å². The van der Waals surface area contributed by atoms with E-state index in [1.54, 1.807) is 10.9 Å². The number of carbonyl (C=O) groups is 1. The predicted molar refractivity (Wildman–Crippen MR) is 100 cm³/mol. The van der Waals surface area contributed by atoms with Gasteiger partial charge in [0, 0.05) is 13.1 Å². The minimum Gasteiger partial charge on any atom is -0.351 e. The highest BCUT2D eigenvalue weighted by Gasteiger charge is 2.18. The second kappa shape index (κ2) is 8.97. The van der Waals surface area contributed by atoms with Crippen LogP contribution in [-0.4, -0.2) is 22.0 Å². The number of rotatable bonds is 9. The Bertz CT molecular complexity index is 749. The number of unbranched alkanes of at least 4 members (excludes halogenated alkanes) is 5. The van der Waals surface area contributed by atoms with E-state index in [9.17, 15) is 9.59 Å². The van der Waals surface area contributed by atoms with Gasteiger partial charge in [0.1, 0.15) is 4.83 Å². The Morgan fingerprint density at radius 1 is 1.21 bits per heavy atom. The quantitative estimate of drug-likeness (QED) is 0.699. The van der Waals surface area contributed by atoms with Crippen molar-refractivity contribution in [2.24, 2.45) is 0 Å². The van der Waals surface area contributed by atoms with Crippen LogP contribution in [0.2, 0.25) is 0 Å². The van der Waals surface area contributed by atoms with Crippen LogP contribution in [0.15, 0.2) is 11.1 Å². The molecule has 0 saturated carbocycles. The number of nitrogens with one attached hydrogen (secondary N) is 1. The normalized spacial score (nSPS) is 11.1. The highest BCUT2D eigenvalue weighted by molar-refractivity contribution is 7.20. The van der Waals surface area contributed by atoms with Crippen molar-refractivity contribution in [3.8, 4) is 0 Å². The van der Waals surface area contributed by atoms with Gasteiger partial charge in [0.25, 0.3) is 11.5 Å². The molecule has 2 aromatic heterocycles. The van der Waals surface area contributed by atoms with Gasteiger partial charge in [0.2, 0.25) is 0 Å². The molecule has 0 fully saturated rings. The summed E-state index contributed by atoms with van der Waals surface area (Å²) in [5, 5.41) is 3.55. The van der Waals surface area contributed by atoms with Gasteiger partial charge in [-0.1, -0.05) is 39.0 Å². The maximum absolute atomic E-state index is 12.4. The Morgan fingerprint density at radius 2 is 1.92 bits per heavy atom. The van der Waals surface area contributed by atoms with Crippen molar-refractivity contribution >= 4 is 27.5 Å². The van der Waals surface area contributed by atoms with Crippen molar-refractivity contribution in [3.05, 3.63) is 27.1 Å². The van der Waals surface area contributed by atoms with Crippen LogP contribution < -0.4 is 10.9 Å². The molecule has 0 aliphatic heterocycles. The van der Waals surface area contributed by atoms with Crippen LogP contribution in [0, 0.1) is 6.92 Å². The van der Waals surface area contributed by atoms with E-state index in [2.05, 4.69) is 17.2 Å². The van der Waals surface area contributed by atoms with Gasteiger partial charge in [0.15, 0.2) is 0 Å². The summed E-state index contributed by atoms with van der Waals surface area (Å²) in [7, 11) is 0. The van der Waals surface area contributed by atoms with E-state index >= 15 is 0 Å². The van der Waals surface area contributed by atoms with Crippen molar-refractivity contribution < 1.29 is 4.79 Å². The third kappa shape index (κ3) is 4.23. The lowest BCUT2D eigenvalue weighted by Crippen LogP contribution is -2.24. The van der Waals surface area contributed by atoms with E-state index in [-0.39, 0.29) is 11.5 Å². The number of aromatic nitrogens is 2. The Hall–Kier alpha value is -1.69. The summed E-state index contributed by atoms with van der Waals surface area (Å²) in [4.78, 5) is 30.4. The summed E-state index contributed by atoms with van der Waals surface area (Å²) in [6.45, 7) is 7.21. The molecule has 1 amide bonds. The number of hydrogen-bond acceptors (Lipinski definition) is 4. The average molecular weight is 350 g/mol. The zero-order valence-corrected chi connectivity index (χ0v) is 15.7. The standard InChI is InChI=1S/C18H27N3O2S/c1-4-6-7-8-9-10-11-19-16(22)15-13(3)14-17(24-15)20-12-21(5-2)18(14)23/h12H,4-11H2,1-3H3,(H,19,22). The molecule has 6 heteroatoms. The maximum atomic E-state index is 12.4. The molecular weight excluding hydrogens is 322 g/mol. The van der Waals surface area contributed by atoms with Gasteiger partial charge < -0.3 is 5.32 Å². The topological polar surface area (TPSA) is 64.0 Å². The summed E-state index contributed by atoms with van der Waals surface area (Å²) in [5.41, 5.74) is 0.682. The molecule has 1 N–H and O–H groups in total. The molecular formula is C18H27N3O2S. The van der Waals surface area contributed by atoms with Crippen molar-refractivity contribution in [3.63, 3.8) is 0 Å². The van der Waals surface area contributed by atoms with E-state index in [1.807, 2.05) is 13.8 Å². The molecule has 0 aromatic carbocycles. The van der Waals surface area contributed by atoms with E-state index < -0.39 is 0 Å². The summed E-state index contributed by atoms with van der Waals surface area (Å²) >= 11 is 1.30. The van der Waals surface area contributed by atoms with Gasteiger partial charge in [0.05, 0.1) is 16.6 Å². The van der Waals surface area contributed by atoms with Gasteiger partial charge in [-0.15, -0.1) is 11.3 Å². The predicted octanol–water partition coefficient (Wildman–Crippen LogP) is 3.88. The second-order valence-electron chi connectivity index (χ2n) is 6.10. The number of aryl methyl sites for hydroxylation is 2. The van der Waals surface area contributed by atoms with E-state index in [1.165, 1.54) is 37.0 Å². The number of thiophene rings is 1. The number of fused-ring (bicyclic) bond motifs is 1. The van der Waals surface area contributed by atoms with Gasteiger partial charge in [-0.25, -0.2) is 4.98 Å². The molecule has 0 aliphatic carbocycles. The third-order valence-corrected chi connectivity index (χ3v) is 5.48. The number of hydrogen-bond donors (Lipinski definition) is 1. The Kier molecular flexibility index (Phi) is 6.97. The Balaban J connectivity index is 1.99. The van der Waals surface area contributed by atoms with E-state index in [4.69, 9.17) is 0 Å². The molecule has 0 radical (unpaired) electrons. The first kappa shape index (κ1) is 18.6. The minimum atomic E-state index is -0.0912.